The number of unbranched alkanes of at least 4 members (excludes halogenated alkanes) is 5. The molecule has 0 radical (unpaired) electrons. The molecule has 0 atom stereocenters. The first-order chi connectivity index (χ1) is 10.8. The van der Waals surface area contributed by atoms with Crippen molar-refractivity contribution in [1.82, 2.24) is 0 Å². The number of amides is 1. The molecule has 2 rings (SSSR count). The lowest BCUT2D eigenvalue weighted by molar-refractivity contribution is 0.159. The van der Waals surface area contributed by atoms with Gasteiger partial charge < -0.3 is 4.74 Å². The fourth-order valence-corrected chi connectivity index (χ4v) is 2.47. The van der Waals surface area contributed by atoms with Crippen LogP contribution in [0.5, 0.6) is 0 Å². The van der Waals surface area contributed by atoms with E-state index in [2.05, 4.69) is 18.3 Å². The minimum Gasteiger partial charge on any atom is -0.449 e. The number of hydrogen-bond acceptors (Lipinski definition) is 2. The molecule has 1 N–H and O–H groups in total. The van der Waals surface area contributed by atoms with Gasteiger partial charge in [-0.3, -0.25) is 5.32 Å². The second kappa shape index (κ2) is 9.08. The van der Waals surface area contributed by atoms with E-state index < -0.39 is 0 Å². The third kappa shape index (κ3) is 5.40. The van der Waals surface area contributed by atoms with Crippen LogP contribution in [0.1, 0.15) is 45.4 Å². The van der Waals surface area contributed by atoms with Crippen LogP contribution < -0.4 is 5.32 Å². The van der Waals surface area contributed by atoms with E-state index >= 15 is 0 Å². The Bertz CT molecular complexity index is 595. The Morgan fingerprint density at radius 2 is 1.68 bits per heavy atom. The Balaban J connectivity index is 1.69. The summed E-state index contributed by atoms with van der Waals surface area (Å²) < 4.78 is 5.21. The molecule has 0 aliphatic rings. The number of fused-ring (bicyclic) bond motifs is 1. The van der Waals surface area contributed by atoms with Crippen LogP contribution in [-0.4, -0.2) is 12.7 Å². The van der Waals surface area contributed by atoms with E-state index in [-0.39, 0.29) is 6.09 Å². The van der Waals surface area contributed by atoms with Crippen LogP contribution in [-0.2, 0) is 4.74 Å². The molecule has 3 heteroatoms. The summed E-state index contributed by atoms with van der Waals surface area (Å²) >= 11 is 0. The third-order valence-electron chi connectivity index (χ3n) is 3.73. The van der Waals surface area contributed by atoms with Crippen molar-refractivity contribution in [1.29, 1.82) is 0 Å². The molecule has 0 aliphatic heterocycles. The normalized spacial score (nSPS) is 10.6. The zero-order chi connectivity index (χ0) is 15.6. The molecular formula is C19H25NO2. The molecule has 0 heterocycles. The highest BCUT2D eigenvalue weighted by Gasteiger charge is 2.03. The molecule has 0 bridgehead atoms. The van der Waals surface area contributed by atoms with Crippen molar-refractivity contribution in [2.75, 3.05) is 11.9 Å². The van der Waals surface area contributed by atoms with Gasteiger partial charge >= 0.3 is 6.09 Å². The first kappa shape index (κ1) is 16.3. The van der Waals surface area contributed by atoms with Crippen molar-refractivity contribution < 1.29 is 9.53 Å². The van der Waals surface area contributed by atoms with E-state index in [1.807, 2.05) is 36.4 Å². The van der Waals surface area contributed by atoms with Gasteiger partial charge in [0, 0.05) is 5.69 Å². The summed E-state index contributed by atoms with van der Waals surface area (Å²) in [5.74, 6) is 0. The molecule has 0 saturated heterocycles. The molecule has 118 valence electrons. The van der Waals surface area contributed by atoms with E-state index in [4.69, 9.17) is 4.74 Å². The van der Waals surface area contributed by atoms with E-state index in [1.54, 1.807) is 0 Å². The number of benzene rings is 2. The molecule has 3 nitrogen and oxygen atoms in total. The lowest BCUT2D eigenvalue weighted by atomic mass is 10.1. The minimum atomic E-state index is -0.371. The number of carbonyl (C=O) groups is 1. The van der Waals surface area contributed by atoms with E-state index in [9.17, 15) is 4.79 Å². The van der Waals surface area contributed by atoms with Crippen LogP contribution in [0.4, 0.5) is 10.5 Å². The molecule has 1 amide bonds. The van der Waals surface area contributed by atoms with Gasteiger partial charge in [0.1, 0.15) is 0 Å². The van der Waals surface area contributed by atoms with Gasteiger partial charge in [0.2, 0.25) is 0 Å². The average Bonchev–Trinajstić information content (AvgIpc) is 2.54. The fourth-order valence-electron chi connectivity index (χ4n) is 2.47. The quantitative estimate of drug-likeness (QED) is 0.630. The summed E-state index contributed by atoms with van der Waals surface area (Å²) in [7, 11) is 0. The third-order valence-corrected chi connectivity index (χ3v) is 3.73. The predicted molar refractivity (Wildman–Crippen MR) is 92.3 cm³/mol. The maximum absolute atomic E-state index is 11.8. The van der Waals surface area contributed by atoms with Gasteiger partial charge in [0.25, 0.3) is 0 Å². The number of hydrogen-bond donors (Lipinski definition) is 1. The zero-order valence-corrected chi connectivity index (χ0v) is 13.3. The fraction of sp³-hybridized carbons (Fsp3) is 0.421. The minimum absolute atomic E-state index is 0.371. The van der Waals surface area contributed by atoms with Gasteiger partial charge in [-0.15, -0.1) is 0 Å². The van der Waals surface area contributed by atoms with Crippen LogP contribution in [0.15, 0.2) is 42.5 Å². The van der Waals surface area contributed by atoms with Crippen molar-refractivity contribution in [3.8, 4) is 0 Å². The van der Waals surface area contributed by atoms with Gasteiger partial charge in [0.05, 0.1) is 6.61 Å². The molecule has 0 fully saturated rings. The Hall–Kier alpha value is -2.03. The molecule has 0 unspecified atom stereocenters. The standard InChI is InChI=1S/C19H25NO2/c1-2-3-4-5-6-9-14-22-19(21)20-18-13-12-16-10-7-8-11-17(16)15-18/h7-8,10-13,15H,2-6,9,14H2,1H3,(H,20,21). The summed E-state index contributed by atoms with van der Waals surface area (Å²) in [6.45, 7) is 2.70. The topological polar surface area (TPSA) is 38.3 Å². The Labute approximate surface area is 132 Å². The molecule has 22 heavy (non-hydrogen) atoms. The maximum Gasteiger partial charge on any atom is 0.411 e. The number of nitrogens with one attached hydrogen (secondary N) is 1. The first-order valence-corrected chi connectivity index (χ1v) is 8.22. The number of anilines is 1. The van der Waals surface area contributed by atoms with Crippen molar-refractivity contribution in [3.63, 3.8) is 0 Å². The van der Waals surface area contributed by atoms with Crippen molar-refractivity contribution in [3.05, 3.63) is 42.5 Å². The van der Waals surface area contributed by atoms with Crippen LogP contribution in [0, 0.1) is 0 Å². The van der Waals surface area contributed by atoms with Gasteiger partial charge in [0.15, 0.2) is 0 Å². The van der Waals surface area contributed by atoms with Gasteiger partial charge in [-0.05, 0) is 29.3 Å². The second-order valence-corrected chi connectivity index (χ2v) is 5.59. The summed E-state index contributed by atoms with van der Waals surface area (Å²) in [6, 6.07) is 13.9. The zero-order valence-electron chi connectivity index (χ0n) is 13.3. The molecule has 0 aliphatic carbocycles. The van der Waals surface area contributed by atoms with Gasteiger partial charge in [-0.1, -0.05) is 69.4 Å². The van der Waals surface area contributed by atoms with E-state index in [1.165, 1.54) is 25.7 Å². The maximum atomic E-state index is 11.8. The largest absolute Gasteiger partial charge is 0.449 e. The molecule has 0 spiro atoms. The molecule has 2 aromatic rings. The van der Waals surface area contributed by atoms with Crippen LogP contribution in [0.2, 0.25) is 0 Å². The van der Waals surface area contributed by atoms with Gasteiger partial charge in [-0.25, -0.2) is 4.79 Å². The predicted octanol–water partition coefficient (Wildman–Crippen LogP) is 5.75. The monoisotopic (exact) mass is 299 g/mol. The number of ether oxygens (including phenoxy) is 1. The summed E-state index contributed by atoms with van der Waals surface area (Å²) in [4.78, 5) is 11.8. The Morgan fingerprint density at radius 3 is 2.50 bits per heavy atom. The van der Waals surface area contributed by atoms with Crippen molar-refractivity contribution in [2.24, 2.45) is 0 Å². The molecule has 0 aromatic heterocycles. The highest BCUT2D eigenvalue weighted by atomic mass is 16.5. The smallest absolute Gasteiger partial charge is 0.411 e. The van der Waals surface area contributed by atoms with Gasteiger partial charge in [-0.2, -0.15) is 0 Å². The average molecular weight is 299 g/mol. The Kier molecular flexibility index (Phi) is 6.75. The highest BCUT2D eigenvalue weighted by molar-refractivity contribution is 5.91. The van der Waals surface area contributed by atoms with Crippen LogP contribution in [0.25, 0.3) is 10.8 Å². The molecule has 2 aromatic carbocycles. The number of rotatable bonds is 8. The Morgan fingerprint density at radius 1 is 0.955 bits per heavy atom. The van der Waals surface area contributed by atoms with Crippen molar-refractivity contribution >= 4 is 22.6 Å². The van der Waals surface area contributed by atoms with Crippen LogP contribution >= 0.6 is 0 Å². The lowest BCUT2D eigenvalue weighted by Crippen LogP contribution is -2.14. The van der Waals surface area contributed by atoms with E-state index in [0.717, 1.165) is 29.3 Å². The number of carbonyl (C=O) groups excluding carboxylic acids is 1. The summed E-state index contributed by atoms with van der Waals surface area (Å²) in [5.41, 5.74) is 0.770. The SMILES string of the molecule is CCCCCCCCOC(=O)Nc1ccc2ccccc2c1. The molecule has 0 saturated carbocycles. The van der Waals surface area contributed by atoms with Crippen molar-refractivity contribution in [2.45, 2.75) is 45.4 Å². The first-order valence-electron chi connectivity index (χ1n) is 8.22. The lowest BCUT2D eigenvalue weighted by Gasteiger charge is -2.08. The second-order valence-electron chi connectivity index (χ2n) is 5.59. The van der Waals surface area contributed by atoms with Crippen LogP contribution in [0.3, 0.4) is 0 Å². The summed E-state index contributed by atoms with van der Waals surface area (Å²) in [5, 5.41) is 5.05. The highest BCUT2D eigenvalue weighted by Crippen LogP contribution is 2.18. The van der Waals surface area contributed by atoms with E-state index in [0.29, 0.717) is 6.61 Å². The molecular weight excluding hydrogens is 274 g/mol. The summed E-state index contributed by atoms with van der Waals surface area (Å²) in [6.07, 6.45) is 6.75.